The lowest BCUT2D eigenvalue weighted by Crippen LogP contribution is -2.43. The molecule has 0 radical (unpaired) electrons. The van der Waals surface area contributed by atoms with Crippen molar-refractivity contribution in [2.24, 2.45) is 0 Å². The molecule has 1 N–H and O–H groups in total. The smallest absolute Gasteiger partial charge is 0.176 e. The fraction of sp³-hybridized carbons (Fsp3) is 0.435. The molecular formula is C23H28N2O4. The summed E-state index contributed by atoms with van der Waals surface area (Å²) < 4.78 is 16.6. The zero-order chi connectivity index (χ0) is 20.1. The fourth-order valence-electron chi connectivity index (χ4n) is 3.78. The summed E-state index contributed by atoms with van der Waals surface area (Å²) in [5.74, 6) is 1.40. The average molecular weight is 396 g/mol. The van der Waals surface area contributed by atoms with E-state index in [0.29, 0.717) is 36.8 Å². The highest BCUT2D eigenvalue weighted by molar-refractivity contribution is 5.98. The van der Waals surface area contributed by atoms with Crippen LogP contribution in [-0.2, 0) is 4.74 Å². The number of benzene rings is 2. The van der Waals surface area contributed by atoms with Gasteiger partial charge in [-0.25, -0.2) is 0 Å². The molecule has 1 saturated heterocycles. The molecule has 2 aromatic rings. The number of fused-ring (bicyclic) bond motifs is 1. The standard InChI is InChI=1S/C23H28N2O4/c1-17-2-4-18(5-3-17)20(25-8-10-27-11-9-25)15-24-16-21(26)19-6-7-22-23(14-19)29-13-12-28-22/h2-7,14,20,24H,8-13,15-16H2,1H3. The van der Waals surface area contributed by atoms with E-state index in [0.717, 1.165) is 26.3 Å². The first kappa shape index (κ1) is 19.9. The number of hydrogen-bond acceptors (Lipinski definition) is 6. The van der Waals surface area contributed by atoms with Crippen molar-refractivity contribution in [2.45, 2.75) is 13.0 Å². The molecule has 6 heteroatoms. The Balaban J connectivity index is 1.39. The van der Waals surface area contributed by atoms with E-state index in [1.54, 1.807) is 12.1 Å². The van der Waals surface area contributed by atoms with Gasteiger partial charge in [0.1, 0.15) is 13.2 Å². The van der Waals surface area contributed by atoms with Crippen LogP contribution in [0.3, 0.4) is 0 Å². The summed E-state index contributed by atoms with van der Waals surface area (Å²) in [6.07, 6.45) is 0. The van der Waals surface area contributed by atoms with E-state index in [2.05, 4.69) is 41.4 Å². The van der Waals surface area contributed by atoms with E-state index in [1.807, 2.05) is 6.07 Å². The zero-order valence-electron chi connectivity index (χ0n) is 16.9. The number of nitrogens with zero attached hydrogens (tertiary/aromatic N) is 1. The zero-order valence-corrected chi connectivity index (χ0v) is 16.9. The minimum atomic E-state index is 0.0478. The van der Waals surface area contributed by atoms with Crippen molar-refractivity contribution in [3.63, 3.8) is 0 Å². The summed E-state index contributed by atoms with van der Waals surface area (Å²) in [6, 6.07) is 14.2. The van der Waals surface area contributed by atoms with Gasteiger partial charge in [-0.15, -0.1) is 0 Å². The summed E-state index contributed by atoms with van der Waals surface area (Å²) in [5, 5.41) is 3.37. The van der Waals surface area contributed by atoms with Gasteiger partial charge in [0.25, 0.3) is 0 Å². The molecule has 4 rings (SSSR count). The monoisotopic (exact) mass is 396 g/mol. The van der Waals surface area contributed by atoms with E-state index < -0.39 is 0 Å². The number of aryl methyl sites for hydroxylation is 1. The van der Waals surface area contributed by atoms with Crippen molar-refractivity contribution in [2.75, 3.05) is 52.6 Å². The quantitative estimate of drug-likeness (QED) is 0.726. The van der Waals surface area contributed by atoms with Crippen molar-refractivity contribution in [1.29, 1.82) is 0 Å². The molecule has 1 fully saturated rings. The third-order valence-electron chi connectivity index (χ3n) is 5.44. The highest BCUT2D eigenvalue weighted by atomic mass is 16.6. The topological polar surface area (TPSA) is 60.0 Å². The predicted molar refractivity (Wildman–Crippen MR) is 111 cm³/mol. The van der Waals surface area contributed by atoms with Crippen LogP contribution in [0.2, 0.25) is 0 Å². The lowest BCUT2D eigenvalue weighted by atomic mass is 10.0. The Morgan fingerprint density at radius 3 is 2.48 bits per heavy atom. The number of carbonyl (C=O) groups is 1. The molecule has 0 aromatic heterocycles. The van der Waals surface area contributed by atoms with E-state index in [-0.39, 0.29) is 18.4 Å². The lowest BCUT2D eigenvalue weighted by Gasteiger charge is -2.35. The molecule has 154 valence electrons. The van der Waals surface area contributed by atoms with E-state index in [4.69, 9.17) is 14.2 Å². The molecule has 1 unspecified atom stereocenters. The SMILES string of the molecule is Cc1ccc(C(CNCC(=O)c2ccc3c(c2)OCCO3)N2CCOCC2)cc1. The maximum absolute atomic E-state index is 12.7. The number of nitrogens with one attached hydrogen (secondary N) is 1. The van der Waals surface area contributed by atoms with Gasteiger partial charge in [0.2, 0.25) is 0 Å². The minimum absolute atomic E-state index is 0.0478. The fourth-order valence-corrected chi connectivity index (χ4v) is 3.78. The van der Waals surface area contributed by atoms with Gasteiger partial charge in [-0.05, 0) is 30.7 Å². The number of carbonyl (C=O) groups excluding carboxylic acids is 1. The molecule has 1 atom stereocenters. The molecule has 2 heterocycles. The van der Waals surface area contributed by atoms with Gasteiger partial charge in [0, 0.05) is 31.2 Å². The summed E-state index contributed by atoms with van der Waals surface area (Å²) in [6.45, 7) is 7.44. The Labute approximate surface area is 171 Å². The Bertz CT molecular complexity index is 831. The summed E-state index contributed by atoms with van der Waals surface area (Å²) >= 11 is 0. The summed E-state index contributed by atoms with van der Waals surface area (Å²) in [4.78, 5) is 15.1. The van der Waals surface area contributed by atoms with Crippen molar-refractivity contribution >= 4 is 5.78 Å². The van der Waals surface area contributed by atoms with Crippen LogP contribution in [0.15, 0.2) is 42.5 Å². The summed E-state index contributed by atoms with van der Waals surface area (Å²) in [7, 11) is 0. The maximum atomic E-state index is 12.7. The van der Waals surface area contributed by atoms with Gasteiger partial charge in [-0.3, -0.25) is 9.69 Å². The molecule has 29 heavy (non-hydrogen) atoms. The van der Waals surface area contributed by atoms with Crippen LogP contribution >= 0.6 is 0 Å². The first-order valence-corrected chi connectivity index (χ1v) is 10.2. The average Bonchev–Trinajstić information content (AvgIpc) is 2.77. The molecule has 2 aliphatic rings. The van der Waals surface area contributed by atoms with Gasteiger partial charge < -0.3 is 19.5 Å². The number of ether oxygens (including phenoxy) is 3. The van der Waals surface area contributed by atoms with Crippen LogP contribution in [0.4, 0.5) is 0 Å². The number of Topliss-reactive ketones (excluding diaryl/α,β-unsaturated/α-hetero) is 1. The van der Waals surface area contributed by atoms with Crippen molar-refractivity contribution in [1.82, 2.24) is 10.2 Å². The number of rotatable bonds is 7. The van der Waals surface area contributed by atoms with Gasteiger partial charge >= 0.3 is 0 Å². The molecule has 0 saturated carbocycles. The lowest BCUT2D eigenvalue weighted by molar-refractivity contribution is 0.0162. The number of morpholine rings is 1. The van der Waals surface area contributed by atoms with Gasteiger partial charge in [0.15, 0.2) is 17.3 Å². The van der Waals surface area contributed by atoms with Crippen molar-refractivity contribution < 1.29 is 19.0 Å². The molecule has 0 spiro atoms. The van der Waals surface area contributed by atoms with Crippen LogP contribution in [0, 0.1) is 6.92 Å². The van der Waals surface area contributed by atoms with Crippen molar-refractivity contribution in [3.05, 3.63) is 59.2 Å². The Morgan fingerprint density at radius 1 is 1.00 bits per heavy atom. The van der Waals surface area contributed by atoms with Crippen LogP contribution in [0.5, 0.6) is 11.5 Å². The normalized spacial score (nSPS) is 17.7. The van der Waals surface area contributed by atoms with E-state index >= 15 is 0 Å². The Hall–Kier alpha value is -2.41. The van der Waals surface area contributed by atoms with Gasteiger partial charge in [-0.2, -0.15) is 0 Å². The third-order valence-corrected chi connectivity index (χ3v) is 5.44. The highest BCUT2D eigenvalue weighted by Gasteiger charge is 2.23. The van der Waals surface area contributed by atoms with Crippen LogP contribution < -0.4 is 14.8 Å². The molecule has 6 nitrogen and oxygen atoms in total. The van der Waals surface area contributed by atoms with Gasteiger partial charge in [-0.1, -0.05) is 29.8 Å². The van der Waals surface area contributed by atoms with Crippen LogP contribution in [0.1, 0.15) is 27.5 Å². The molecule has 2 aliphatic heterocycles. The second kappa shape index (κ2) is 9.39. The molecular weight excluding hydrogens is 368 g/mol. The first-order chi connectivity index (χ1) is 14.2. The van der Waals surface area contributed by atoms with E-state index in [1.165, 1.54) is 11.1 Å². The Morgan fingerprint density at radius 2 is 1.72 bits per heavy atom. The van der Waals surface area contributed by atoms with Gasteiger partial charge in [0.05, 0.1) is 19.8 Å². The third kappa shape index (κ3) is 4.96. The molecule has 0 aliphatic carbocycles. The van der Waals surface area contributed by atoms with Crippen LogP contribution in [0.25, 0.3) is 0 Å². The van der Waals surface area contributed by atoms with E-state index in [9.17, 15) is 4.79 Å². The minimum Gasteiger partial charge on any atom is -0.486 e. The number of hydrogen-bond donors (Lipinski definition) is 1. The predicted octanol–water partition coefficient (Wildman–Crippen LogP) is 2.61. The summed E-state index contributed by atoms with van der Waals surface area (Å²) in [5.41, 5.74) is 3.15. The second-order valence-corrected chi connectivity index (χ2v) is 7.49. The molecule has 0 amide bonds. The van der Waals surface area contributed by atoms with Crippen LogP contribution in [-0.4, -0.2) is 63.3 Å². The first-order valence-electron chi connectivity index (χ1n) is 10.2. The second-order valence-electron chi connectivity index (χ2n) is 7.49. The molecule has 2 aromatic carbocycles. The highest BCUT2D eigenvalue weighted by Crippen LogP contribution is 2.30. The number of ketones is 1. The van der Waals surface area contributed by atoms with Crippen molar-refractivity contribution in [3.8, 4) is 11.5 Å². The Kier molecular flexibility index (Phi) is 6.44. The maximum Gasteiger partial charge on any atom is 0.176 e. The molecule has 0 bridgehead atoms. The largest absolute Gasteiger partial charge is 0.486 e.